The van der Waals surface area contributed by atoms with Crippen molar-refractivity contribution in [3.63, 3.8) is 0 Å². The van der Waals surface area contributed by atoms with E-state index in [1.165, 1.54) is 32.7 Å². The molecular weight excluding hydrogens is 372 g/mol. The summed E-state index contributed by atoms with van der Waals surface area (Å²) in [6.07, 6.45) is 5.04. The lowest BCUT2D eigenvalue weighted by molar-refractivity contribution is 0.506. The lowest BCUT2D eigenvalue weighted by atomic mass is 10.0. The van der Waals surface area contributed by atoms with Gasteiger partial charge in [0.05, 0.1) is 0 Å². The predicted octanol–water partition coefficient (Wildman–Crippen LogP) is 4.23. The zero-order valence-corrected chi connectivity index (χ0v) is 17.1. The Balaban J connectivity index is 1.75. The maximum Gasteiger partial charge on any atom is 0.292 e. The summed E-state index contributed by atoms with van der Waals surface area (Å²) in [4.78, 5) is 0. The van der Waals surface area contributed by atoms with Gasteiger partial charge in [-0.2, -0.15) is 0 Å². The summed E-state index contributed by atoms with van der Waals surface area (Å²) in [5, 5.41) is 19.5. The van der Waals surface area contributed by atoms with Gasteiger partial charge in [-0.25, -0.2) is 0 Å². The number of hydrogen-bond acceptors (Lipinski definition) is 4. The maximum atomic E-state index is 8.56. The van der Waals surface area contributed by atoms with Gasteiger partial charge < -0.3 is 9.47 Å². The molecule has 0 amide bonds. The smallest absolute Gasteiger partial charge is 0.292 e. The average Bonchev–Trinajstić information content (AvgIpc) is 2.77. The Kier molecular flexibility index (Phi) is 6.87. The van der Waals surface area contributed by atoms with Gasteiger partial charge in [0.15, 0.2) is 0 Å². The highest BCUT2D eigenvalue weighted by atomic mass is 16.5. The minimum absolute atomic E-state index is 0.557. The number of hydrogen-bond donors (Lipinski definition) is 0. The third-order valence-electron chi connectivity index (χ3n) is 4.98. The molecule has 148 valence electrons. The molecule has 0 aliphatic heterocycles. The Labute approximate surface area is 176 Å². The molecule has 0 unspecified atom stereocenters. The first-order chi connectivity index (χ1) is 14.6. The molecule has 30 heavy (non-hydrogen) atoms. The molecule has 3 aromatic carbocycles. The van der Waals surface area contributed by atoms with Gasteiger partial charge in [-0.1, -0.05) is 59.7 Å². The topological polar surface area (TPSA) is 66.0 Å². The van der Waals surface area contributed by atoms with Gasteiger partial charge in [-0.05, 0) is 72.5 Å². The molecule has 0 radical (unpaired) electrons. The molecule has 3 aromatic rings. The van der Waals surface area contributed by atoms with Gasteiger partial charge in [-0.15, -0.1) is 10.5 Å². The zero-order chi connectivity index (χ0) is 21.3. The number of benzene rings is 3. The first kappa shape index (κ1) is 20.7. The molecule has 3 rings (SSSR count). The Morgan fingerprint density at radius 2 is 0.933 bits per heavy atom. The summed E-state index contributed by atoms with van der Waals surface area (Å²) in [7, 11) is 0. The van der Waals surface area contributed by atoms with Crippen LogP contribution in [0.1, 0.15) is 25.0 Å². The minimum Gasteiger partial charge on any atom is -0.388 e. The van der Waals surface area contributed by atoms with Crippen LogP contribution in [0, 0.1) is 23.0 Å². The van der Waals surface area contributed by atoms with Crippen LogP contribution in [-0.2, 0) is 12.8 Å². The zero-order valence-electron chi connectivity index (χ0n) is 17.1. The minimum atomic E-state index is 0.557. The molecule has 0 N–H and O–H groups in total. The summed E-state index contributed by atoms with van der Waals surface area (Å²) in [5.74, 6) is 1.11. The molecule has 0 saturated carbocycles. The van der Waals surface area contributed by atoms with Gasteiger partial charge >= 0.3 is 0 Å². The van der Waals surface area contributed by atoms with Crippen molar-refractivity contribution in [3.8, 4) is 24.0 Å². The van der Waals surface area contributed by atoms with Crippen LogP contribution in [0.3, 0.4) is 0 Å². The molecule has 0 aliphatic rings. The van der Waals surface area contributed by atoms with Gasteiger partial charge in [0.1, 0.15) is 11.5 Å². The van der Waals surface area contributed by atoms with Crippen molar-refractivity contribution >= 4 is 11.1 Å². The van der Waals surface area contributed by atoms with E-state index in [0.29, 0.717) is 11.5 Å². The van der Waals surface area contributed by atoms with E-state index in [4.69, 9.17) is 20.0 Å². The highest BCUT2D eigenvalue weighted by Crippen LogP contribution is 2.15. The number of nitrogens with zero attached hydrogens (tertiary/aromatic N) is 2. The monoisotopic (exact) mass is 394 g/mol. The van der Waals surface area contributed by atoms with E-state index in [1.54, 1.807) is 12.5 Å². The van der Waals surface area contributed by atoms with Crippen molar-refractivity contribution in [2.24, 2.45) is 0 Å². The van der Waals surface area contributed by atoms with Crippen molar-refractivity contribution in [2.45, 2.75) is 26.7 Å². The van der Waals surface area contributed by atoms with Crippen LogP contribution in [0.5, 0.6) is 11.5 Å². The second-order valence-corrected chi connectivity index (χ2v) is 7.17. The lowest BCUT2D eigenvalue weighted by Gasteiger charge is -2.05. The van der Waals surface area contributed by atoms with Crippen molar-refractivity contribution in [2.75, 3.05) is 0 Å². The Bertz CT molecular complexity index is 1090. The molecular formula is C26H22N2O2. The molecule has 0 aromatic heterocycles. The average molecular weight is 394 g/mol. The first-order valence-electron chi connectivity index (χ1n) is 9.64. The largest absolute Gasteiger partial charge is 0.388 e. The molecule has 0 atom stereocenters. The summed E-state index contributed by atoms with van der Waals surface area (Å²) >= 11 is 0. The lowest BCUT2D eigenvalue weighted by Crippen LogP contribution is -2.13. The molecule has 0 saturated heterocycles. The molecule has 0 heterocycles. The quantitative estimate of drug-likeness (QED) is 0.587. The van der Waals surface area contributed by atoms with Crippen molar-refractivity contribution in [1.82, 2.24) is 0 Å². The van der Waals surface area contributed by atoms with E-state index in [9.17, 15) is 0 Å². The van der Waals surface area contributed by atoms with E-state index in [-0.39, 0.29) is 0 Å². The van der Waals surface area contributed by atoms with E-state index < -0.39 is 0 Å². The van der Waals surface area contributed by atoms with Gasteiger partial charge in [0.25, 0.3) is 12.5 Å². The Hall–Kier alpha value is -4.02. The summed E-state index contributed by atoms with van der Waals surface area (Å²) in [6, 6.07) is 23.8. The number of rotatable bonds is 6. The van der Waals surface area contributed by atoms with E-state index in [1.807, 2.05) is 48.5 Å². The van der Waals surface area contributed by atoms with Crippen LogP contribution >= 0.6 is 0 Å². The van der Waals surface area contributed by atoms with Crippen molar-refractivity contribution < 1.29 is 9.47 Å². The number of ether oxygens (including phenoxy) is 2. The van der Waals surface area contributed by atoms with Gasteiger partial charge in [-0.3, -0.25) is 0 Å². The Morgan fingerprint density at radius 1 is 0.600 bits per heavy atom. The van der Waals surface area contributed by atoms with Gasteiger partial charge in [0, 0.05) is 0 Å². The summed E-state index contributed by atoms with van der Waals surface area (Å²) < 4.78 is 9.65. The van der Waals surface area contributed by atoms with Crippen molar-refractivity contribution in [3.05, 3.63) is 94.4 Å². The third kappa shape index (κ3) is 5.50. The molecule has 4 heteroatoms. The highest BCUT2D eigenvalue weighted by Gasteiger charge is 2.00. The molecule has 0 aliphatic carbocycles. The Morgan fingerprint density at radius 3 is 1.23 bits per heavy atom. The molecule has 0 spiro atoms. The van der Waals surface area contributed by atoms with Crippen LogP contribution in [-0.4, -0.2) is 0 Å². The maximum absolute atomic E-state index is 8.56. The fourth-order valence-electron chi connectivity index (χ4n) is 3.31. The van der Waals surface area contributed by atoms with E-state index in [2.05, 4.69) is 38.1 Å². The summed E-state index contributed by atoms with van der Waals surface area (Å²) in [6.45, 7) is 4.27. The SMILES string of the molecule is CC(Cc1ccc(OC#N)cc1)=c1ccc(=C(C)Cc2ccc(OC#N)cc2)cc1. The number of nitriles is 2. The van der Waals surface area contributed by atoms with Crippen LogP contribution in [0.15, 0.2) is 72.8 Å². The van der Waals surface area contributed by atoms with Crippen LogP contribution in [0.2, 0.25) is 0 Å². The molecule has 0 fully saturated rings. The van der Waals surface area contributed by atoms with E-state index >= 15 is 0 Å². The van der Waals surface area contributed by atoms with Crippen LogP contribution in [0.25, 0.3) is 11.1 Å². The second kappa shape index (κ2) is 9.96. The van der Waals surface area contributed by atoms with Gasteiger partial charge in [0.2, 0.25) is 0 Å². The second-order valence-electron chi connectivity index (χ2n) is 7.17. The standard InChI is InChI=1S/C26H22N2O2/c1-19(15-21-3-11-25(12-4-21)29-17-27)23-7-9-24(10-8-23)20(2)16-22-5-13-26(14-6-22)30-18-28/h3-14H,15-16H2,1-2H3. The van der Waals surface area contributed by atoms with Crippen molar-refractivity contribution in [1.29, 1.82) is 10.5 Å². The van der Waals surface area contributed by atoms with Crippen LogP contribution < -0.4 is 19.9 Å². The highest BCUT2D eigenvalue weighted by molar-refractivity contribution is 5.50. The molecule has 0 bridgehead atoms. The predicted molar refractivity (Wildman–Crippen MR) is 117 cm³/mol. The normalized spacial score (nSPS) is 9.87. The van der Waals surface area contributed by atoms with E-state index in [0.717, 1.165) is 12.8 Å². The fourth-order valence-corrected chi connectivity index (χ4v) is 3.31. The fraction of sp³-hybridized carbons (Fsp3) is 0.154. The molecule has 4 nitrogen and oxygen atoms in total. The summed E-state index contributed by atoms with van der Waals surface area (Å²) in [5.41, 5.74) is 4.91. The first-order valence-corrected chi connectivity index (χ1v) is 9.64. The van der Waals surface area contributed by atoms with Crippen LogP contribution in [0.4, 0.5) is 0 Å². The third-order valence-corrected chi connectivity index (χ3v) is 4.98.